The predicted octanol–water partition coefficient (Wildman–Crippen LogP) is 6.74. The second kappa shape index (κ2) is 9.77. The van der Waals surface area contributed by atoms with Crippen LogP contribution in [0.15, 0.2) is 60.7 Å². The Morgan fingerprint density at radius 2 is 1.90 bits per heavy atom. The highest BCUT2D eigenvalue weighted by molar-refractivity contribution is 14.1. The zero-order chi connectivity index (χ0) is 20.8. The van der Waals surface area contributed by atoms with Gasteiger partial charge in [0.05, 0.1) is 22.3 Å². The summed E-state index contributed by atoms with van der Waals surface area (Å²) in [6.07, 6.45) is 1.77. The second-order valence-electron chi connectivity index (χ2n) is 6.09. The molecule has 0 saturated heterocycles. The third-order valence-corrected chi connectivity index (χ3v) is 5.22. The molecule has 0 aliphatic heterocycles. The number of ether oxygens (including phenoxy) is 2. The zero-order valence-corrected chi connectivity index (χ0v) is 18.4. The van der Waals surface area contributed by atoms with Crippen molar-refractivity contribution in [1.29, 1.82) is 5.26 Å². The van der Waals surface area contributed by atoms with Gasteiger partial charge in [-0.3, -0.25) is 0 Å². The van der Waals surface area contributed by atoms with E-state index in [4.69, 9.17) is 21.1 Å². The van der Waals surface area contributed by atoms with Crippen LogP contribution in [0.5, 0.6) is 11.5 Å². The van der Waals surface area contributed by atoms with Crippen molar-refractivity contribution in [3.8, 4) is 17.6 Å². The van der Waals surface area contributed by atoms with Crippen molar-refractivity contribution in [2.45, 2.75) is 6.61 Å². The highest BCUT2D eigenvalue weighted by atomic mass is 127. The Morgan fingerprint density at radius 1 is 1.17 bits per heavy atom. The summed E-state index contributed by atoms with van der Waals surface area (Å²) < 4.78 is 25.9. The molecule has 0 radical (unpaired) electrons. The molecule has 3 rings (SSSR count). The topological polar surface area (TPSA) is 42.2 Å². The highest BCUT2D eigenvalue weighted by Crippen LogP contribution is 2.36. The molecule has 0 spiro atoms. The van der Waals surface area contributed by atoms with Crippen LogP contribution in [0.3, 0.4) is 0 Å². The van der Waals surface area contributed by atoms with E-state index in [1.54, 1.807) is 61.7 Å². The van der Waals surface area contributed by atoms with Gasteiger partial charge in [0, 0.05) is 10.6 Å². The first kappa shape index (κ1) is 21.2. The van der Waals surface area contributed by atoms with Gasteiger partial charge in [0.2, 0.25) is 0 Å². The first-order chi connectivity index (χ1) is 14.0. The largest absolute Gasteiger partial charge is 0.493 e. The quantitative estimate of drug-likeness (QED) is 0.206. The number of benzene rings is 3. The molecule has 0 aromatic heterocycles. The molecule has 3 nitrogen and oxygen atoms in total. The lowest BCUT2D eigenvalue weighted by molar-refractivity contribution is 0.277. The molecule has 29 heavy (non-hydrogen) atoms. The Morgan fingerprint density at radius 3 is 2.55 bits per heavy atom. The summed E-state index contributed by atoms with van der Waals surface area (Å²) in [6.45, 7) is 0.0858. The molecular weight excluding hydrogens is 504 g/mol. The molecule has 0 heterocycles. The molecule has 0 unspecified atom stereocenters. The van der Waals surface area contributed by atoms with Gasteiger partial charge in [-0.05, 0) is 70.1 Å². The van der Waals surface area contributed by atoms with Crippen LogP contribution < -0.4 is 9.47 Å². The van der Waals surface area contributed by atoms with Crippen molar-refractivity contribution in [2.24, 2.45) is 0 Å². The molecular formula is C23H16ClFINO2. The minimum Gasteiger partial charge on any atom is -0.493 e. The number of rotatable bonds is 6. The van der Waals surface area contributed by atoms with Gasteiger partial charge in [-0.2, -0.15) is 5.26 Å². The third kappa shape index (κ3) is 5.28. The highest BCUT2D eigenvalue weighted by Gasteiger charge is 2.13. The van der Waals surface area contributed by atoms with Crippen molar-refractivity contribution >= 4 is 45.8 Å². The monoisotopic (exact) mass is 519 g/mol. The predicted molar refractivity (Wildman–Crippen MR) is 121 cm³/mol. The smallest absolute Gasteiger partial charge is 0.174 e. The average Bonchev–Trinajstić information content (AvgIpc) is 2.72. The van der Waals surface area contributed by atoms with Crippen LogP contribution >= 0.6 is 34.2 Å². The van der Waals surface area contributed by atoms with Gasteiger partial charge in [-0.1, -0.05) is 41.9 Å². The number of halogens is 3. The van der Waals surface area contributed by atoms with Gasteiger partial charge in [0.25, 0.3) is 0 Å². The van der Waals surface area contributed by atoms with E-state index in [1.807, 2.05) is 6.07 Å². The lowest BCUT2D eigenvalue weighted by atomic mass is 10.0. The van der Waals surface area contributed by atoms with Crippen molar-refractivity contribution in [1.82, 2.24) is 0 Å². The molecule has 3 aromatic carbocycles. The van der Waals surface area contributed by atoms with Crippen LogP contribution in [0.1, 0.15) is 16.7 Å². The summed E-state index contributed by atoms with van der Waals surface area (Å²) in [5, 5.41) is 10.2. The fourth-order valence-corrected chi connectivity index (χ4v) is 3.61. The first-order valence-electron chi connectivity index (χ1n) is 8.63. The normalized spacial score (nSPS) is 11.1. The molecule has 0 bridgehead atoms. The molecule has 0 aliphatic carbocycles. The van der Waals surface area contributed by atoms with Gasteiger partial charge >= 0.3 is 0 Å². The van der Waals surface area contributed by atoms with E-state index in [-0.39, 0.29) is 12.4 Å². The molecule has 146 valence electrons. The number of nitriles is 1. The van der Waals surface area contributed by atoms with Crippen molar-refractivity contribution in [3.63, 3.8) is 0 Å². The Hall–Kier alpha value is -2.56. The Kier molecular flexibility index (Phi) is 7.13. The molecule has 0 aliphatic rings. The Labute approximate surface area is 187 Å². The third-order valence-electron chi connectivity index (χ3n) is 4.17. The number of hydrogen-bond acceptors (Lipinski definition) is 3. The zero-order valence-electron chi connectivity index (χ0n) is 15.5. The molecule has 0 amide bonds. The Bertz CT molecular complexity index is 1090. The number of nitrogens with zero attached hydrogens (tertiary/aromatic N) is 1. The molecule has 3 aromatic rings. The average molecular weight is 520 g/mol. The minimum absolute atomic E-state index is 0.0858. The van der Waals surface area contributed by atoms with Crippen LogP contribution in [-0.2, 0) is 6.61 Å². The maximum absolute atomic E-state index is 13.8. The maximum atomic E-state index is 13.8. The SMILES string of the molecule is COc1cc(/C=C(\C#N)c2ccc(Cl)cc2)cc(I)c1OCc1ccccc1F. The van der Waals surface area contributed by atoms with Gasteiger partial charge in [0.1, 0.15) is 12.4 Å². The van der Waals surface area contributed by atoms with Crippen molar-refractivity contribution in [3.05, 3.63) is 91.8 Å². The van der Waals surface area contributed by atoms with Crippen molar-refractivity contribution < 1.29 is 13.9 Å². The standard InChI is InChI=1S/C23H16ClFINO2/c1-28-22-12-15(10-18(13-27)16-6-8-19(24)9-7-16)11-21(26)23(22)29-14-17-4-2-3-5-20(17)25/h2-12H,14H2,1H3/b18-10+. The van der Waals surface area contributed by atoms with Crippen LogP contribution in [0, 0.1) is 20.7 Å². The van der Waals surface area contributed by atoms with E-state index in [1.165, 1.54) is 6.07 Å². The van der Waals surface area contributed by atoms with Crippen LogP contribution in [-0.4, -0.2) is 7.11 Å². The number of allylic oxidation sites excluding steroid dienone is 1. The summed E-state index contributed by atoms with van der Waals surface area (Å²) >= 11 is 8.06. The lowest BCUT2D eigenvalue weighted by Crippen LogP contribution is -2.02. The molecule has 0 N–H and O–H groups in total. The summed E-state index contributed by atoms with van der Waals surface area (Å²) in [5.74, 6) is 0.717. The summed E-state index contributed by atoms with van der Waals surface area (Å²) in [5.41, 5.74) is 2.52. The summed E-state index contributed by atoms with van der Waals surface area (Å²) in [4.78, 5) is 0. The van der Waals surface area contributed by atoms with E-state index >= 15 is 0 Å². The Balaban J connectivity index is 1.90. The number of methoxy groups -OCH3 is 1. The van der Waals surface area contributed by atoms with Gasteiger partial charge < -0.3 is 9.47 Å². The molecule has 0 atom stereocenters. The second-order valence-corrected chi connectivity index (χ2v) is 7.69. The van der Waals surface area contributed by atoms with Gasteiger partial charge in [0.15, 0.2) is 11.5 Å². The van der Waals surface area contributed by atoms with Gasteiger partial charge in [-0.25, -0.2) is 4.39 Å². The van der Waals surface area contributed by atoms with E-state index in [0.29, 0.717) is 27.7 Å². The molecule has 6 heteroatoms. The fourth-order valence-electron chi connectivity index (χ4n) is 2.70. The molecule has 0 fully saturated rings. The minimum atomic E-state index is -0.317. The van der Waals surface area contributed by atoms with E-state index < -0.39 is 0 Å². The lowest BCUT2D eigenvalue weighted by Gasteiger charge is -2.14. The maximum Gasteiger partial charge on any atom is 0.174 e. The van der Waals surface area contributed by atoms with Crippen molar-refractivity contribution in [2.75, 3.05) is 7.11 Å². The van der Waals surface area contributed by atoms with E-state index in [0.717, 1.165) is 14.7 Å². The van der Waals surface area contributed by atoms with Crippen LogP contribution in [0.4, 0.5) is 4.39 Å². The van der Waals surface area contributed by atoms with Crippen LogP contribution in [0.2, 0.25) is 5.02 Å². The number of hydrogen-bond donors (Lipinski definition) is 0. The fraction of sp³-hybridized carbons (Fsp3) is 0.0870. The van der Waals surface area contributed by atoms with E-state index in [9.17, 15) is 9.65 Å². The van der Waals surface area contributed by atoms with Gasteiger partial charge in [-0.15, -0.1) is 0 Å². The summed E-state index contributed by atoms with van der Waals surface area (Å²) in [7, 11) is 1.54. The summed E-state index contributed by atoms with van der Waals surface area (Å²) in [6, 6.07) is 19.4. The van der Waals surface area contributed by atoms with E-state index in [2.05, 4.69) is 28.7 Å². The molecule has 0 saturated carbocycles. The first-order valence-corrected chi connectivity index (χ1v) is 10.1. The van der Waals surface area contributed by atoms with Crippen LogP contribution in [0.25, 0.3) is 11.6 Å².